The minimum atomic E-state index is -0.602. The first kappa shape index (κ1) is 13.9. The molecule has 0 fully saturated rings. The predicted octanol–water partition coefficient (Wildman–Crippen LogP) is 1.71. The third kappa shape index (κ3) is 2.42. The van der Waals surface area contributed by atoms with Crippen molar-refractivity contribution in [3.8, 4) is 5.75 Å². The molecule has 0 radical (unpaired) electrons. The average Bonchev–Trinajstić information content (AvgIpc) is 2.65. The smallest absolute Gasteiger partial charge is 0.256 e. The molecule has 6 nitrogen and oxygen atoms in total. The third-order valence-corrected chi connectivity index (χ3v) is 2.91. The number of nitrogens with one attached hydrogen (secondary N) is 1. The first-order valence-electron chi connectivity index (χ1n) is 5.88. The van der Waals surface area contributed by atoms with E-state index in [4.69, 9.17) is 10.5 Å². The van der Waals surface area contributed by atoms with Gasteiger partial charge in [-0.15, -0.1) is 0 Å². The number of aryl methyl sites for hydroxylation is 2. The first-order chi connectivity index (χ1) is 9.43. The first-order valence-corrected chi connectivity index (χ1v) is 5.88. The highest BCUT2D eigenvalue weighted by Gasteiger charge is 2.15. The van der Waals surface area contributed by atoms with E-state index in [1.807, 2.05) is 0 Å². The van der Waals surface area contributed by atoms with Gasteiger partial charge < -0.3 is 15.8 Å². The number of benzene rings is 1. The van der Waals surface area contributed by atoms with E-state index in [0.717, 1.165) is 6.07 Å². The number of carbonyl (C=O) groups is 1. The highest BCUT2D eigenvalue weighted by atomic mass is 19.1. The molecule has 0 spiro atoms. The van der Waals surface area contributed by atoms with Gasteiger partial charge in [0.25, 0.3) is 5.91 Å². The van der Waals surface area contributed by atoms with E-state index in [2.05, 4.69) is 10.4 Å². The van der Waals surface area contributed by atoms with Crippen LogP contribution in [-0.2, 0) is 7.05 Å². The summed E-state index contributed by atoms with van der Waals surface area (Å²) in [6.07, 6.45) is 0. The van der Waals surface area contributed by atoms with E-state index in [0.29, 0.717) is 17.2 Å². The van der Waals surface area contributed by atoms with E-state index in [-0.39, 0.29) is 11.3 Å². The molecule has 0 aliphatic heterocycles. The molecule has 3 N–H and O–H groups in total. The van der Waals surface area contributed by atoms with Crippen molar-refractivity contribution in [1.29, 1.82) is 0 Å². The molecule has 1 aromatic carbocycles. The van der Waals surface area contributed by atoms with Crippen LogP contribution in [0.1, 0.15) is 16.1 Å². The van der Waals surface area contributed by atoms with Gasteiger partial charge in [0.05, 0.1) is 18.5 Å². The van der Waals surface area contributed by atoms with Crippen LogP contribution in [0.3, 0.4) is 0 Å². The SMILES string of the molecule is COc1ccc(C(=O)Nc2c(N)c(C)nn2C)cc1F. The molecule has 0 saturated carbocycles. The van der Waals surface area contributed by atoms with E-state index < -0.39 is 11.7 Å². The fourth-order valence-corrected chi connectivity index (χ4v) is 1.81. The highest BCUT2D eigenvalue weighted by Crippen LogP contribution is 2.23. The Bertz CT molecular complexity index is 667. The van der Waals surface area contributed by atoms with Crippen molar-refractivity contribution < 1.29 is 13.9 Å². The molecule has 0 atom stereocenters. The Hall–Kier alpha value is -2.57. The number of halogens is 1. The number of nitrogen functional groups attached to an aromatic ring is 1. The lowest BCUT2D eigenvalue weighted by molar-refractivity contribution is 0.102. The van der Waals surface area contributed by atoms with Crippen LogP contribution in [0.4, 0.5) is 15.9 Å². The molecule has 1 aromatic heterocycles. The van der Waals surface area contributed by atoms with Crippen LogP contribution in [0.25, 0.3) is 0 Å². The van der Waals surface area contributed by atoms with Gasteiger partial charge in [0.1, 0.15) is 0 Å². The van der Waals surface area contributed by atoms with E-state index in [1.54, 1.807) is 14.0 Å². The van der Waals surface area contributed by atoms with Crippen molar-refractivity contribution in [1.82, 2.24) is 9.78 Å². The van der Waals surface area contributed by atoms with Crippen LogP contribution in [0.15, 0.2) is 18.2 Å². The lowest BCUT2D eigenvalue weighted by atomic mass is 10.2. The monoisotopic (exact) mass is 278 g/mol. The summed E-state index contributed by atoms with van der Waals surface area (Å²) >= 11 is 0. The summed E-state index contributed by atoms with van der Waals surface area (Å²) in [6.45, 7) is 1.73. The average molecular weight is 278 g/mol. The van der Waals surface area contributed by atoms with Gasteiger partial charge in [-0.05, 0) is 25.1 Å². The topological polar surface area (TPSA) is 82.2 Å². The number of aromatic nitrogens is 2. The van der Waals surface area contributed by atoms with Crippen molar-refractivity contribution in [2.75, 3.05) is 18.2 Å². The van der Waals surface area contributed by atoms with Crippen molar-refractivity contribution >= 4 is 17.4 Å². The Morgan fingerprint density at radius 3 is 2.70 bits per heavy atom. The lowest BCUT2D eigenvalue weighted by Crippen LogP contribution is -2.15. The summed E-state index contributed by atoms with van der Waals surface area (Å²) in [6, 6.07) is 3.96. The zero-order valence-corrected chi connectivity index (χ0v) is 11.4. The van der Waals surface area contributed by atoms with Crippen molar-refractivity contribution in [3.05, 3.63) is 35.3 Å². The fraction of sp³-hybridized carbons (Fsp3) is 0.231. The van der Waals surface area contributed by atoms with Crippen molar-refractivity contribution in [2.24, 2.45) is 7.05 Å². The molecular formula is C13H15FN4O2. The van der Waals surface area contributed by atoms with Gasteiger partial charge in [0.2, 0.25) is 0 Å². The molecule has 106 valence electrons. The van der Waals surface area contributed by atoms with Crippen LogP contribution in [-0.4, -0.2) is 22.8 Å². The minimum Gasteiger partial charge on any atom is -0.494 e. The maximum Gasteiger partial charge on any atom is 0.256 e. The van der Waals surface area contributed by atoms with Crippen LogP contribution < -0.4 is 15.8 Å². The molecule has 0 aliphatic carbocycles. The predicted molar refractivity (Wildman–Crippen MR) is 73.3 cm³/mol. The molecule has 20 heavy (non-hydrogen) atoms. The maximum absolute atomic E-state index is 13.6. The largest absolute Gasteiger partial charge is 0.494 e. The van der Waals surface area contributed by atoms with Crippen LogP contribution in [0.2, 0.25) is 0 Å². The molecule has 1 amide bonds. The Morgan fingerprint density at radius 1 is 1.50 bits per heavy atom. The number of methoxy groups -OCH3 is 1. The minimum absolute atomic E-state index is 0.0810. The third-order valence-electron chi connectivity index (χ3n) is 2.91. The number of rotatable bonds is 3. The normalized spacial score (nSPS) is 10.4. The molecule has 0 bridgehead atoms. The number of hydrogen-bond acceptors (Lipinski definition) is 4. The number of carbonyl (C=O) groups excluding carboxylic acids is 1. The molecule has 1 heterocycles. The molecular weight excluding hydrogens is 263 g/mol. The number of nitrogens with zero attached hydrogens (tertiary/aromatic N) is 2. The second-order valence-corrected chi connectivity index (χ2v) is 4.27. The van der Waals surface area contributed by atoms with E-state index in [1.165, 1.54) is 23.9 Å². The number of hydrogen-bond donors (Lipinski definition) is 2. The van der Waals surface area contributed by atoms with Gasteiger partial charge in [-0.3, -0.25) is 9.48 Å². The van der Waals surface area contributed by atoms with Crippen LogP contribution >= 0.6 is 0 Å². The fourth-order valence-electron chi connectivity index (χ4n) is 1.81. The summed E-state index contributed by atoms with van der Waals surface area (Å²) in [5.41, 5.74) is 6.98. The van der Waals surface area contributed by atoms with Gasteiger partial charge in [-0.2, -0.15) is 5.10 Å². The number of ether oxygens (including phenoxy) is 1. The second kappa shape index (κ2) is 5.20. The molecule has 0 aliphatic rings. The lowest BCUT2D eigenvalue weighted by Gasteiger charge is -2.08. The van der Waals surface area contributed by atoms with Gasteiger partial charge in [-0.25, -0.2) is 4.39 Å². The Labute approximate surface area is 115 Å². The Morgan fingerprint density at radius 2 is 2.20 bits per heavy atom. The quantitative estimate of drug-likeness (QED) is 0.895. The summed E-state index contributed by atoms with van der Waals surface area (Å²) in [5, 5.41) is 6.69. The molecule has 0 saturated heterocycles. The molecule has 2 rings (SSSR count). The van der Waals surface area contributed by atoms with Crippen LogP contribution in [0.5, 0.6) is 5.75 Å². The molecule has 7 heteroatoms. The van der Waals surface area contributed by atoms with Crippen molar-refractivity contribution in [3.63, 3.8) is 0 Å². The summed E-state index contributed by atoms with van der Waals surface area (Å²) in [4.78, 5) is 12.1. The standard InChI is InChI=1S/C13H15FN4O2/c1-7-11(15)12(18(2)17-7)16-13(19)8-4-5-10(20-3)9(14)6-8/h4-6H,15H2,1-3H3,(H,16,19). The summed E-state index contributed by atoms with van der Waals surface area (Å²) in [7, 11) is 3.02. The van der Waals surface area contributed by atoms with Gasteiger partial charge >= 0.3 is 0 Å². The number of amides is 1. The molecule has 2 aromatic rings. The number of nitrogens with two attached hydrogens (primary N) is 1. The van der Waals surface area contributed by atoms with E-state index >= 15 is 0 Å². The zero-order chi connectivity index (χ0) is 14.9. The Kier molecular flexibility index (Phi) is 3.60. The van der Waals surface area contributed by atoms with Gasteiger partial charge in [0.15, 0.2) is 17.4 Å². The van der Waals surface area contributed by atoms with Crippen LogP contribution in [0, 0.1) is 12.7 Å². The van der Waals surface area contributed by atoms with E-state index in [9.17, 15) is 9.18 Å². The molecule has 0 unspecified atom stereocenters. The number of anilines is 2. The van der Waals surface area contributed by atoms with Crippen molar-refractivity contribution in [2.45, 2.75) is 6.92 Å². The maximum atomic E-state index is 13.6. The zero-order valence-electron chi connectivity index (χ0n) is 11.4. The summed E-state index contributed by atoms with van der Waals surface area (Å²) < 4.78 is 19.8. The Balaban J connectivity index is 2.26. The highest BCUT2D eigenvalue weighted by molar-refractivity contribution is 6.05. The second-order valence-electron chi connectivity index (χ2n) is 4.27. The van der Waals surface area contributed by atoms with Gasteiger partial charge in [0, 0.05) is 12.6 Å². The summed E-state index contributed by atoms with van der Waals surface area (Å²) in [5.74, 6) is -0.614. The van der Waals surface area contributed by atoms with Gasteiger partial charge in [-0.1, -0.05) is 0 Å².